The summed E-state index contributed by atoms with van der Waals surface area (Å²) in [5.41, 5.74) is 1.38. The van der Waals surface area contributed by atoms with Gasteiger partial charge in [-0.05, 0) is 25.0 Å². The van der Waals surface area contributed by atoms with Crippen molar-refractivity contribution in [3.05, 3.63) is 24.0 Å². The molecule has 1 aromatic rings. The second-order valence-electron chi connectivity index (χ2n) is 5.85. The third-order valence-corrected chi connectivity index (χ3v) is 3.68. The van der Waals surface area contributed by atoms with Crippen molar-refractivity contribution in [2.24, 2.45) is 5.41 Å². The number of aromatic nitrogens is 1. The van der Waals surface area contributed by atoms with E-state index >= 15 is 0 Å². The van der Waals surface area contributed by atoms with Crippen LogP contribution in [0.5, 0.6) is 0 Å². The number of hydrogen-bond donors (Lipinski definition) is 2. The first-order valence-electron chi connectivity index (χ1n) is 6.98. The molecule has 6 heteroatoms. The Morgan fingerprint density at radius 3 is 2.67 bits per heavy atom. The van der Waals surface area contributed by atoms with Crippen molar-refractivity contribution in [2.75, 3.05) is 18.4 Å². The summed E-state index contributed by atoms with van der Waals surface area (Å²) in [5, 5.41) is 2.97. The van der Waals surface area contributed by atoms with Crippen LogP contribution in [-0.2, 0) is 11.2 Å². The molecule has 0 unspecified atom stereocenters. The highest BCUT2D eigenvalue weighted by Gasteiger charge is 2.22. The number of carbonyl (C=O) groups excluding carboxylic acids is 1. The maximum absolute atomic E-state index is 12.1. The summed E-state index contributed by atoms with van der Waals surface area (Å²) < 4.78 is 0.585. The zero-order valence-corrected chi connectivity index (χ0v) is 14.7. The van der Waals surface area contributed by atoms with E-state index in [1.165, 1.54) is 0 Å². The quantitative estimate of drug-likeness (QED) is 0.645. The molecule has 1 rings (SSSR count). The van der Waals surface area contributed by atoms with Gasteiger partial charge in [0.25, 0.3) is 0 Å². The monoisotopic (exact) mass is 325 g/mol. The molecule has 1 heterocycles. The lowest BCUT2D eigenvalue weighted by Gasteiger charge is -2.22. The number of nitrogens with one attached hydrogen (secondary N) is 1. The number of carbonyl (C=O) groups is 1. The van der Waals surface area contributed by atoms with Gasteiger partial charge < -0.3 is 10.2 Å². The van der Waals surface area contributed by atoms with Crippen LogP contribution in [0.25, 0.3) is 0 Å². The largest absolute Gasteiger partial charge is 0.358 e. The number of nitrogens with zero attached hydrogens (tertiary/aromatic N) is 2. The molecule has 0 aliphatic rings. The van der Waals surface area contributed by atoms with Gasteiger partial charge in [-0.15, -0.1) is 12.6 Å². The molecule has 0 bridgehead atoms. The van der Waals surface area contributed by atoms with E-state index in [0.29, 0.717) is 4.32 Å². The summed E-state index contributed by atoms with van der Waals surface area (Å²) in [6.07, 6.45) is 4.22. The van der Waals surface area contributed by atoms with Gasteiger partial charge in [0.1, 0.15) is 4.32 Å². The van der Waals surface area contributed by atoms with E-state index in [9.17, 15) is 4.79 Å². The minimum absolute atomic E-state index is 0.00739. The molecular weight excluding hydrogens is 302 g/mol. The van der Waals surface area contributed by atoms with Crippen LogP contribution in [0, 0.1) is 5.41 Å². The maximum atomic E-state index is 12.1. The summed E-state index contributed by atoms with van der Waals surface area (Å²) in [6.45, 7) is 9.27. The Kier molecular flexibility index (Phi) is 6.61. The molecule has 0 saturated carbocycles. The summed E-state index contributed by atoms with van der Waals surface area (Å²) >= 11 is 9.30. The van der Waals surface area contributed by atoms with Crippen molar-refractivity contribution in [1.29, 1.82) is 0 Å². The van der Waals surface area contributed by atoms with Crippen molar-refractivity contribution in [2.45, 2.75) is 34.1 Å². The van der Waals surface area contributed by atoms with Crippen molar-refractivity contribution >= 4 is 40.8 Å². The Balaban J connectivity index is 2.80. The molecule has 0 radical (unpaired) electrons. The molecule has 0 spiro atoms. The number of thiol groups is 1. The van der Waals surface area contributed by atoms with Gasteiger partial charge in [0, 0.05) is 36.6 Å². The number of likely N-dealkylation sites (N-methyl/N-ethyl adjacent to an activating group) is 1. The van der Waals surface area contributed by atoms with Gasteiger partial charge >= 0.3 is 0 Å². The standard InChI is InChI=1S/C15H23N3OS2/c1-5-18(14(20)21)9-7-11-10-16-8-6-12(11)17-13(19)15(2,3)4/h6,8,10H,5,7,9H2,1-4H3,(H,20,21)(H,16,17,19). The van der Waals surface area contributed by atoms with E-state index in [0.717, 1.165) is 30.8 Å². The zero-order chi connectivity index (χ0) is 16.0. The van der Waals surface area contributed by atoms with E-state index in [-0.39, 0.29) is 5.91 Å². The van der Waals surface area contributed by atoms with Crippen LogP contribution in [0.2, 0.25) is 0 Å². The number of pyridine rings is 1. The fourth-order valence-electron chi connectivity index (χ4n) is 1.70. The molecule has 4 nitrogen and oxygen atoms in total. The van der Waals surface area contributed by atoms with Crippen LogP contribution in [0.3, 0.4) is 0 Å². The molecule has 21 heavy (non-hydrogen) atoms. The Morgan fingerprint density at radius 1 is 1.48 bits per heavy atom. The summed E-state index contributed by atoms with van der Waals surface area (Å²) in [7, 11) is 0. The van der Waals surface area contributed by atoms with Gasteiger partial charge in [-0.1, -0.05) is 33.0 Å². The normalized spacial score (nSPS) is 11.1. The predicted octanol–water partition coefficient (Wildman–Crippen LogP) is 3.15. The minimum Gasteiger partial charge on any atom is -0.358 e. The van der Waals surface area contributed by atoms with E-state index < -0.39 is 5.41 Å². The number of rotatable bonds is 5. The molecule has 0 atom stereocenters. The molecule has 1 N–H and O–H groups in total. The second-order valence-corrected chi connectivity index (χ2v) is 6.96. The zero-order valence-electron chi connectivity index (χ0n) is 13.0. The summed E-state index contributed by atoms with van der Waals surface area (Å²) in [6, 6.07) is 1.83. The number of hydrogen-bond acceptors (Lipinski definition) is 3. The van der Waals surface area contributed by atoms with Crippen LogP contribution in [0.4, 0.5) is 5.69 Å². The molecule has 1 aromatic heterocycles. The fraction of sp³-hybridized carbons (Fsp3) is 0.533. The minimum atomic E-state index is -0.428. The molecule has 0 fully saturated rings. The third kappa shape index (κ3) is 5.63. The molecule has 0 saturated heterocycles. The topological polar surface area (TPSA) is 45.2 Å². The average molecular weight is 326 g/mol. The molecule has 0 aliphatic heterocycles. The highest BCUT2D eigenvalue weighted by molar-refractivity contribution is 8.10. The van der Waals surface area contributed by atoms with Crippen LogP contribution < -0.4 is 5.32 Å². The van der Waals surface area contributed by atoms with Gasteiger partial charge in [0.2, 0.25) is 5.91 Å². The number of thiocarbonyl (C=S) groups is 1. The number of anilines is 1. The molecule has 116 valence electrons. The van der Waals surface area contributed by atoms with Crippen molar-refractivity contribution in [3.63, 3.8) is 0 Å². The Labute approximate surface area is 137 Å². The SMILES string of the molecule is CCN(CCc1cnccc1NC(=O)C(C)(C)C)C(=S)S. The molecule has 0 aliphatic carbocycles. The highest BCUT2D eigenvalue weighted by atomic mass is 32.1. The first-order chi connectivity index (χ1) is 9.75. The maximum Gasteiger partial charge on any atom is 0.229 e. The lowest BCUT2D eigenvalue weighted by Crippen LogP contribution is -2.30. The van der Waals surface area contributed by atoms with Gasteiger partial charge in [0.05, 0.1) is 0 Å². The van der Waals surface area contributed by atoms with Crippen LogP contribution in [-0.4, -0.2) is 33.2 Å². The van der Waals surface area contributed by atoms with Crippen LogP contribution in [0.15, 0.2) is 18.5 Å². The van der Waals surface area contributed by atoms with Crippen LogP contribution in [0.1, 0.15) is 33.3 Å². The van der Waals surface area contributed by atoms with E-state index in [1.54, 1.807) is 12.4 Å². The lowest BCUT2D eigenvalue weighted by atomic mass is 9.95. The first kappa shape index (κ1) is 17.9. The Morgan fingerprint density at radius 2 is 2.14 bits per heavy atom. The fourth-order valence-corrected chi connectivity index (χ4v) is 2.16. The first-order valence-corrected chi connectivity index (χ1v) is 7.83. The third-order valence-electron chi connectivity index (χ3n) is 3.14. The molecule has 1 amide bonds. The highest BCUT2D eigenvalue weighted by Crippen LogP contribution is 2.20. The smallest absolute Gasteiger partial charge is 0.229 e. The van der Waals surface area contributed by atoms with Gasteiger partial charge in [-0.25, -0.2) is 0 Å². The van der Waals surface area contributed by atoms with Crippen LogP contribution >= 0.6 is 24.8 Å². The average Bonchev–Trinajstić information content (AvgIpc) is 2.39. The van der Waals surface area contributed by atoms with Gasteiger partial charge in [-0.2, -0.15) is 0 Å². The molecular formula is C15H23N3OS2. The molecule has 0 aromatic carbocycles. The number of amides is 1. The Hall–Kier alpha value is -1.14. The van der Waals surface area contributed by atoms with Crippen molar-refractivity contribution in [3.8, 4) is 0 Å². The van der Waals surface area contributed by atoms with Crippen molar-refractivity contribution in [1.82, 2.24) is 9.88 Å². The lowest BCUT2D eigenvalue weighted by molar-refractivity contribution is -0.123. The van der Waals surface area contributed by atoms with Gasteiger partial charge in [0.15, 0.2) is 0 Å². The Bertz CT molecular complexity index is 512. The second kappa shape index (κ2) is 7.75. The van der Waals surface area contributed by atoms with E-state index in [1.807, 2.05) is 38.7 Å². The van der Waals surface area contributed by atoms with E-state index in [2.05, 4.69) is 22.9 Å². The summed E-state index contributed by atoms with van der Waals surface area (Å²) in [4.78, 5) is 18.3. The predicted molar refractivity (Wildman–Crippen MR) is 94.9 cm³/mol. The van der Waals surface area contributed by atoms with Gasteiger partial charge in [-0.3, -0.25) is 9.78 Å². The van der Waals surface area contributed by atoms with E-state index in [4.69, 9.17) is 12.2 Å². The van der Waals surface area contributed by atoms with Crippen molar-refractivity contribution < 1.29 is 4.79 Å². The summed E-state index contributed by atoms with van der Waals surface area (Å²) in [5.74, 6) is -0.00739.